The van der Waals surface area contributed by atoms with E-state index in [-0.39, 0.29) is 5.56 Å². The van der Waals surface area contributed by atoms with Gasteiger partial charge < -0.3 is 10.0 Å². The number of pyridine rings is 1. The quantitative estimate of drug-likeness (QED) is 0.369. The van der Waals surface area contributed by atoms with Crippen LogP contribution in [0.1, 0.15) is 29.8 Å². The third kappa shape index (κ3) is 4.57. The summed E-state index contributed by atoms with van der Waals surface area (Å²) in [7, 11) is -2.72. The van der Waals surface area contributed by atoms with Gasteiger partial charge in [-0.3, -0.25) is 4.79 Å². The fourth-order valence-corrected chi connectivity index (χ4v) is 7.46. The Morgan fingerprint density at radius 1 is 1.11 bits per heavy atom. The fraction of sp³-hybridized carbons (Fsp3) is 0.269. The lowest BCUT2D eigenvalue weighted by atomic mass is 10.0. The first-order valence-electron chi connectivity index (χ1n) is 11.6. The van der Waals surface area contributed by atoms with E-state index in [1.165, 1.54) is 6.07 Å². The number of benzene rings is 2. The Morgan fingerprint density at radius 3 is 2.60 bits per heavy atom. The van der Waals surface area contributed by atoms with E-state index in [1.54, 1.807) is 43.5 Å². The molecule has 0 saturated carbocycles. The Bertz CT molecular complexity index is 1430. The summed E-state index contributed by atoms with van der Waals surface area (Å²) in [6.07, 6.45) is 2.31. The topological polar surface area (TPSA) is 102 Å². The fourth-order valence-electron chi connectivity index (χ4n) is 4.74. The molecule has 2 aromatic heterocycles. The number of anilines is 1. The van der Waals surface area contributed by atoms with Crippen LogP contribution in [-0.2, 0) is 6.42 Å². The van der Waals surface area contributed by atoms with Crippen molar-refractivity contribution < 1.29 is 14.4 Å². The number of aromatic amines is 1. The molecule has 1 atom stereocenters. The predicted molar refractivity (Wildman–Crippen MR) is 137 cm³/mol. The second-order valence-corrected chi connectivity index (χ2v) is 12.2. The molecule has 3 N–H and O–H groups in total. The van der Waals surface area contributed by atoms with Crippen LogP contribution in [0, 0.1) is 5.82 Å². The van der Waals surface area contributed by atoms with Crippen LogP contribution in [0.5, 0.6) is 0 Å². The highest BCUT2D eigenvalue weighted by Crippen LogP contribution is 2.55. The number of fused-ring (bicyclic) bond motifs is 1. The molecule has 1 unspecified atom stereocenters. The Hall–Kier alpha value is -3.19. The van der Waals surface area contributed by atoms with E-state index in [4.69, 9.17) is 0 Å². The molecular formula is C26H27FN4O3P+. The third-order valence-electron chi connectivity index (χ3n) is 6.65. The van der Waals surface area contributed by atoms with E-state index < -0.39 is 19.4 Å². The predicted octanol–water partition coefficient (Wildman–Crippen LogP) is 3.17. The first kappa shape index (κ1) is 23.5. The molecule has 1 fully saturated rings. The summed E-state index contributed by atoms with van der Waals surface area (Å²) in [6, 6.07) is 15.8. The lowest BCUT2D eigenvalue weighted by Gasteiger charge is -2.34. The molecule has 1 saturated heterocycles. The molecule has 0 bridgehead atoms. The molecular weight excluding hydrogens is 466 g/mol. The molecule has 0 spiro atoms. The number of halogens is 1. The zero-order valence-electron chi connectivity index (χ0n) is 19.4. The molecule has 7 nitrogen and oxygen atoms in total. The second-order valence-electron chi connectivity index (χ2n) is 8.96. The highest BCUT2D eigenvalue weighted by Gasteiger charge is 2.45. The highest BCUT2D eigenvalue weighted by molar-refractivity contribution is 7.77. The molecule has 35 heavy (non-hydrogen) atoms. The zero-order chi connectivity index (χ0) is 24.6. The molecule has 1 aliphatic heterocycles. The third-order valence-corrected chi connectivity index (χ3v) is 9.77. The van der Waals surface area contributed by atoms with Crippen LogP contribution in [0.25, 0.3) is 10.8 Å². The lowest BCUT2D eigenvalue weighted by molar-refractivity contribution is 0.199. The number of rotatable bonds is 5. The van der Waals surface area contributed by atoms with Crippen LogP contribution in [0.2, 0.25) is 0 Å². The maximum absolute atomic E-state index is 15.0. The molecule has 4 aromatic rings. The minimum Gasteiger partial charge on any atom is -0.389 e. The standard InChI is InChI=1S/C26H26FN4O3P/c1-17(32)19-7-4-10-28-25(19)31-11-13-35(34,14-12-31)24-16-18(8-9-22(24)27)15-23-20-5-2-3-6-21(20)26(33)30-29-23/h2-10,16-17,32,34H,11-15H2,1H3/p+1. The average Bonchev–Trinajstić information content (AvgIpc) is 2.87. The van der Waals surface area contributed by atoms with Crippen molar-refractivity contribution in [1.29, 1.82) is 0 Å². The number of aliphatic hydroxyl groups is 1. The van der Waals surface area contributed by atoms with Gasteiger partial charge in [0.25, 0.3) is 5.56 Å². The van der Waals surface area contributed by atoms with E-state index in [2.05, 4.69) is 20.1 Å². The molecule has 9 heteroatoms. The summed E-state index contributed by atoms with van der Waals surface area (Å²) in [4.78, 5) is 30.2. The van der Waals surface area contributed by atoms with Crippen molar-refractivity contribution in [2.45, 2.75) is 19.4 Å². The summed E-state index contributed by atoms with van der Waals surface area (Å²) >= 11 is 0. The molecule has 0 amide bonds. The Labute approximate surface area is 202 Å². The summed E-state index contributed by atoms with van der Waals surface area (Å²) in [5, 5.41) is 18.6. The van der Waals surface area contributed by atoms with Crippen LogP contribution in [0.15, 0.2) is 65.6 Å². The van der Waals surface area contributed by atoms with E-state index in [1.807, 2.05) is 18.2 Å². The van der Waals surface area contributed by atoms with E-state index in [0.717, 1.165) is 16.5 Å². The molecule has 5 rings (SSSR count). The van der Waals surface area contributed by atoms with Crippen LogP contribution < -0.4 is 15.8 Å². The number of nitrogens with zero attached hydrogens (tertiary/aromatic N) is 3. The van der Waals surface area contributed by atoms with Crippen molar-refractivity contribution in [3.8, 4) is 0 Å². The number of nitrogens with one attached hydrogen (secondary N) is 1. The van der Waals surface area contributed by atoms with Gasteiger partial charge in [-0.05, 0) is 36.8 Å². The number of hydrogen-bond acceptors (Lipinski definition) is 6. The van der Waals surface area contributed by atoms with Gasteiger partial charge in [0.2, 0.25) is 0 Å². The maximum Gasteiger partial charge on any atom is 0.272 e. The van der Waals surface area contributed by atoms with Gasteiger partial charge in [0.15, 0.2) is 18.6 Å². The summed E-state index contributed by atoms with van der Waals surface area (Å²) < 4.78 is 15.0. The molecule has 2 aromatic carbocycles. The minimum absolute atomic E-state index is 0.247. The van der Waals surface area contributed by atoms with Crippen molar-refractivity contribution in [3.63, 3.8) is 0 Å². The number of H-pyrrole nitrogens is 1. The normalized spacial score (nSPS) is 16.4. The van der Waals surface area contributed by atoms with Crippen LogP contribution >= 0.6 is 7.49 Å². The van der Waals surface area contributed by atoms with Crippen molar-refractivity contribution in [2.24, 2.45) is 0 Å². The largest absolute Gasteiger partial charge is 0.389 e. The molecule has 3 heterocycles. The van der Waals surface area contributed by atoms with Gasteiger partial charge in [0, 0.05) is 23.6 Å². The first-order chi connectivity index (χ1) is 16.9. The summed E-state index contributed by atoms with van der Waals surface area (Å²) in [6.45, 7) is 2.75. The van der Waals surface area contributed by atoms with Gasteiger partial charge in [-0.15, -0.1) is 0 Å². The van der Waals surface area contributed by atoms with Crippen molar-refractivity contribution in [2.75, 3.05) is 30.3 Å². The minimum atomic E-state index is -2.72. The van der Waals surface area contributed by atoms with E-state index in [9.17, 15) is 19.2 Å². The molecule has 180 valence electrons. The van der Waals surface area contributed by atoms with Crippen LogP contribution in [-0.4, -0.2) is 50.6 Å². The zero-order valence-corrected chi connectivity index (χ0v) is 20.3. The SMILES string of the molecule is CC(O)c1cccnc1N1CC[P+](O)(c2cc(Cc3n[nH]c(=O)c4ccccc34)ccc2F)CC1. The lowest BCUT2D eigenvalue weighted by Crippen LogP contribution is -2.41. The number of aromatic nitrogens is 3. The maximum atomic E-state index is 15.0. The van der Waals surface area contributed by atoms with Crippen molar-refractivity contribution in [3.05, 3.63) is 93.8 Å². The van der Waals surface area contributed by atoms with E-state index in [0.29, 0.717) is 54.0 Å². The van der Waals surface area contributed by atoms with Crippen molar-refractivity contribution in [1.82, 2.24) is 15.2 Å². The average molecular weight is 493 g/mol. The molecule has 1 aliphatic rings. The Kier molecular flexibility index (Phi) is 6.36. The second kappa shape index (κ2) is 9.46. The van der Waals surface area contributed by atoms with Gasteiger partial charge in [0.05, 0.1) is 30.3 Å². The first-order valence-corrected chi connectivity index (χ1v) is 13.7. The van der Waals surface area contributed by atoms with Gasteiger partial charge in [-0.1, -0.05) is 30.3 Å². The van der Waals surface area contributed by atoms with Gasteiger partial charge in [0.1, 0.15) is 18.1 Å². The number of aliphatic hydroxyl groups excluding tert-OH is 1. The smallest absolute Gasteiger partial charge is 0.272 e. The van der Waals surface area contributed by atoms with E-state index >= 15 is 0 Å². The summed E-state index contributed by atoms with van der Waals surface area (Å²) in [5.41, 5.74) is 2.01. The van der Waals surface area contributed by atoms with Crippen LogP contribution in [0.4, 0.5) is 10.2 Å². The Morgan fingerprint density at radius 2 is 1.86 bits per heavy atom. The van der Waals surface area contributed by atoms with Crippen molar-refractivity contribution >= 4 is 29.4 Å². The van der Waals surface area contributed by atoms with Gasteiger partial charge in [-0.2, -0.15) is 5.10 Å². The van der Waals surface area contributed by atoms with Gasteiger partial charge >= 0.3 is 0 Å². The van der Waals surface area contributed by atoms with Crippen LogP contribution in [0.3, 0.4) is 0 Å². The Balaban J connectivity index is 1.40. The number of hydrogen-bond donors (Lipinski definition) is 3. The van der Waals surface area contributed by atoms with Gasteiger partial charge in [-0.25, -0.2) is 19.4 Å². The highest BCUT2D eigenvalue weighted by atomic mass is 31.2. The monoisotopic (exact) mass is 493 g/mol. The summed E-state index contributed by atoms with van der Waals surface area (Å²) in [5.74, 6) is 0.304. The molecule has 0 radical (unpaired) electrons. The molecule has 0 aliphatic carbocycles.